The Morgan fingerprint density at radius 2 is 1.05 bits per heavy atom. The van der Waals surface area contributed by atoms with Crippen molar-refractivity contribution < 1.29 is 4.42 Å². The molecule has 0 saturated carbocycles. The zero-order chi connectivity index (χ0) is 38.2. The molecule has 0 radical (unpaired) electrons. The van der Waals surface area contributed by atoms with E-state index in [1.54, 1.807) is 0 Å². The summed E-state index contributed by atoms with van der Waals surface area (Å²) >= 11 is 1.85. The van der Waals surface area contributed by atoms with Gasteiger partial charge in [-0.1, -0.05) is 127 Å². The second-order valence-electron chi connectivity index (χ2n) is 14.9. The molecule has 0 amide bonds. The van der Waals surface area contributed by atoms with E-state index in [2.05, 4.69) is 210 Å². The van der Waals surface area contributed by atoms with Crippen LogP contribution in [0.1, 0.15) is 0 Å². The van der Waals surface area contributed by atoms with Crippen molar-refractivity contribution in [2.75, 3.05) is 4.90 Å². The second kappa shape index (κ2) is 13.1. The Labute approximate surface area is 338 Å². The fourth-order valence-electron chi connectivity index (χ4n) is 8.98. The molecule has 12 aromatic rings. The lowest BCUT2D eigenvalue weighted by atomic mass is 9.97. The Hall–Kier alpha value is -7.40. The predicted molar refractivity (Wildman–Crippen MR) is 247 cm³/mol. The van der Waals surface area contributed by atoms with Gasteiger partial charge in [0.1, 0.15) is 11.2 Å². The minimum Gasteiger partial charge on any atom is -0.455 e. The highest BCUT2D eigenvalue weighted by molar-refractivity contribution is 7.25. The van der Waals surface area contributed by atoms with Gasteiger partial charge < -0.3 is 13.9 Å². The number of rotatable bonds is 6. The monoisotopic (exact) mass is 758 g/mol. The van der Waals surface area contributed by atoms with Crippen molar-refractivity contribution in [1.29, 1.82) is 0 Å². The molecule has 0 aliphatic carbocycles. The summed E-state index contributed by atoms with van der Waals surface area (Å²) in [6.07, 6.45) is 0. The van der Waals surface area contributed by atoms with Crippen molar-refractivity contribution in [3.05, 3.63) is 206 Å². The van der Waals surface area contributed by atoms with E-state index >= 15 is 0 Å². The van der Waals surface area contributed by atoms with Gasteiger partial charge in [0, 0.05) is 69.9 Å². The molecule has 0 atom stereocenters. The average molecular weight is 759 g/mol. The van der Waals surface area contributed by atoms with Crippen molar-refractivity contribution in [2.24, 2.45) is 0 Å². The van der Waals surface area contributed by atoms with Crippen molar-refractivity contribution in [1.82, 2.24) is 4.57 Å². The Morgan fingerprint density at radius 3 is 1.88 bits per heavy atom. The molecule has 4 heteroatoms. The maximum absolute atomic E-state index is 6.79. The molecule has 0 spiro atoms. The largest absolute Gasteiger partial charge is 0.455 e. The zero-order valence-corrected chi connectivity index (χ0v) is 32.2. The van der Waals surface area contributed by atoms with Crippen molar-refractivity contribution in [3.8, 4) is 27.9 Å². The van der Waals surface area contributed by atoms with E-state index in [1.807, 2.05) is 17.4 Å². The number of fused-ring (bicyclic) bond motifs is 9. The normalized spacial score (nSPS) is 11.8. The van der Waals surface area contributed by atoms with Crippen LogP contribution in [0.15, 0.2) is 211 Å². The van der Waals surface area contributed by atoms with Crippen molar-refractivity contribution >= 4 is 92.3 Å². The summed E-state index contributed by atoms with van der Waals surface area (Å²) in [6.45, 7) is 0. The van der Waals surface area contributed by atoms with Crippen molar-refractivity contribution in [3.63, 3.8) is 0 Å². The van der Waals surface area contributed by atoms with Crippen LogP contribution in [0.5, 0.6) is 0 Å². The fourth-order valence-corrected chi connectivity index (χ4v) is 10.1. The molecule has 272 valence electrons. The van der Waals surface area contributed by atoms with Gasteiger partial charge in [0.25, 0.3) is 0 Å². The third-order valence-electron chi connectivity index (χ3n) is 11.6. The number of furan rings is 1. The van der Waals surface area contributed by atoms with E-state index in [1.165, 1.54) is 47.5 Å². The first-order chi connectivity index (χ1) is 28.8. The summed E-state index contributed by atoms with van der Waals surface area (Å²) in [4.78, 5) is 2.41. The molecule has 0 unspecified atom stereocenters. The molecule has 9 aromatic carbocycles. The highest BCUT2D eigenvalue weighted by atomic mass is 32.1. The smallest absolute Gasteiger partial charge is 0.143 e. The van der Waals surface area contributed by atoms with Gasteiger partial charge in [0.2, 0.25) is 0 Å². The first-order valence-corrected chi connectivity index (χ1v) is 20.5. The second-order valence-corrected chi connectivity index (χ2v) is 16.0. The van der Waals surface area contributed by atoms with Gasteiger partial charge in [-0.05, 0) is 90.0 Å². The lowest BCUT2D eigenvalue weighted by Crippen LogP contribution is -2.11. The molecule has 0 fully saturated rings. The minimum atomic E-state index is 0.873. The van der Waals surface area contributed by atoms with E-state index in [-0.39, 0.29) is 0 Å². The standard InChI is InChI=1S/C54H34N2OS/c1-2-16-37(17-3-1)55(48-24-9-4-19-40(48)36-29-30-53-46(32-36)44-23-8-13-28-52(44)58-53)39-33-45(54-47(34-39)43-22-7-12-27-51(43)57-54)35-15-14-18-38(31-35)56-49-25-10-5-20-41(49)42-21-6-11-26-50(42)56/h1-34H. The van der Waals surface area contributed by atoms with Crippen LogP contribution in [0.25, 0.3) is 91.9 Å². The number of hydrogen-bond donors (Lipinski definition) is 0. The van der Waals surface area contributed by atoms with Crippen LogP contribution in [-0.4, -0.2) is 4.57 Å². The molecule has 3 heterocycles. The third kappa shape index (κ3) is 5.12. The van der Waals surface area contributed by atoms with E-state index in [4.69, 9.17) is 4.42 Å². The van der Waals surface area contributed by atoms with Gasteiger partial charge in [-0.3, -0.25) is 0 Å². The highest BCUT2D eigenvalue weighted by Crippen LogP contribution is 2.47. The number of anilines is 3. The van der Waals surface area contributed by atoms with Gasteiger partial charge in [-0.25, -0.2) is 0 Å². The van der Waals surface area contributed by atoms with Crippen LogP contribution in [0, 0.1) is 0 Å². The van der Waals surface area contributed by atoms with Crippen LogP contribution in [0.2, 0.25) is 0 Å². The van der Waals surface area contributed by atoms with Gasteiger partial charge in [-0.2, -0.15) is 0 Å². The number of hydrogen-bond acceptors (Lipinski definition) is 3. The fraction of sp³-hybridized carbons (Fsp3) is 0. The molecular formula is C54H34N2OS. The van der Waals surface area contributed by atoms with Crippen LogP contribution >= 0.6 is 11.3 Å². The van der Waals surface area contributed by atoms with Crippen LogP contribution < -0.4 is 4.90 Å². The SMILES string of the molecule is c1ccc(N(c2cc(-c3cccc(-n4c5ccccc5c5ccccc54)c3)c3oc4ccccc4c3c2)c2ccccc2-c2ccc3sc4ccccc4c3c2)cc1. The molecule has 0 aliphatic heterocycles. The number of para-hydroxylation sites is 5. The first-order valence-electron chi connectivity index (χ1n) is 19.7. The highest BCUT2D eigenvalue weighted by Gasteiger charge is 2.22. The molecule has 58 heavy (non-hydrogen) atoms. The topological polar surface area (TPSA) is 21.3 Å². The summed E-state index contributed by atoms with van der Waals surface area (Å²) in [5, 5.41) is 7.25. The van der Waals surface area contributed by atoms with E-state index in [0.29, 0.717) is 0 Å². The summed E-state index contributed by atoms with van der Waals surface area (Å²) in [5.41, 5.74) is 12.9. The van der Waals surface area contributed by atoms with Gasteiger partial charge >= 0.3 is 0 Å². The summed E-state index contributed by atoms with van der Waals surface area (Å²) in [5.74, 6) is 0. The molecular weight excluding hydrogens is 725 g/mol. The Balaban J connectivity index is 1.10. The molecule has 3 aromatic heterocycles. The molecule has 0 saturated heterocycles. The summed E-state index contributed by atoms with van der Waals surface area (Å²) < 4.78 is 11.8. The van der Waals surface area contributed by atoms with Crippen LogP contribution in [0.4, 0.5) is 17.1 Å². The predicted octanol–water partition coefficient (Wildman–Crippen LogP) is 15.9. The zero-order valence-electron chi connectivity index (χ0n) is 31.3. The lowest BCUT2D eigenvalue weighted by molar-refractivity contribution is 0.670. The number of benzene rings is 9. The Bertz CT molecular complexity index is 3480. The molecule has 12 rings (SSSR count). The quantitative estimate of drug-likeness (QED) is 0.168. The number of aromatic nitrogens is 1. The molecule has 3 nitrogen and oxygen atoms in total. The van der Waals surface area contributed by atoms with E-state index in [9.17, 15) is 0 Å². The van der Waals surface area contributed by atoms with E-state index < -0.39 is 0 Å². The first kappa shape index (κ1) is 32.8. The van der Waals surface area contributed by atoms with E-state index in [0.717, 1.165) is 61.4 Å². The molecule has 0 aliphatic rings. The van der Waals surface area contributed by atoms with Gasteiger partial charge in [0.05, 0.1) is 16.7 Å². The van der Waals surface area contributed by atoms with Crippen LogP contribution in [0.3, 0.4) is 0 Å². The Kier molecular flexibility index (Phi) is 7.40. The summed E-state index contributed by atoms with van der Waals surface area (Å²) in [6, 6.07) is 74.5. The lowest BCUT2D eigenvalue weighted by Gasteiger charge is -2.28. The maximum Gasteiger partial charge on any atom is 0.143 e. The average Bonchev–Trinajstić information content (AvgIpc) is 3.96. The van der Waals surface area contributed by atoms with Gasteiger partial charge in [-0.15, -0.1) is 11.3 Å². The number of thiophene rings is 1. The molecule has 0 bridgehead atoms. The minimum absolute atomic E-state index is 0.873. The maximum atomic E-state index is 6.79. The molecule has 0 N–H and O–H groups in total. The Morgan fingerprint density at radius 1 is 0.397 bits per heavy atom. The van der Waals surface area contributed by atoms with Crippen molar-refractivity contribution in [2.45, 2.75) is 0 Å². The summed E-state index contributed by atoms with van der Waals surface area (Å²) in [7, 11) is 0. The third-order valence-corrected chi connectivity index (χ3v) is 12.7. The van der Waals surface area contributed by atoms with Crippen LogP contribution in [-0.2, 0) is 0 Å². The van der Waals surface area contributed by atoms with Gasteiger partial charge in [0.15, 0.2) is 0 Å². The number of nitrogens with zero attached hydrogens (tertiary/aromatic N) is 2.